The van der Waals surface area contributed by atoms with Crippen LogP contribution in [-0.2, 0) is 23.9 Å². The molecule has 0 radical (unpaired) electrons. The van der Waals surface area contributed by atoms with Crippen molar-refractivity contribution >= 4 is 23.9 Å². The molecule has 2 aromatic rings. The highest BCUT2D eigenvalue weighted by atomic mass is 16.5. The van der Waals surface area contributed by atoms with Crippen molar-refractivity contribution < 1.29 is 33.8 Å². The minimum atomic E-state index is -1.26. The first-order chi connectivity index (χ1) is 16.4. The lowest BCUT2D eigenvalue weighted by atomic mass is 9.98. The summed E-state index contributed by atoms with van der Waals surface area (Å²) in [7, 11) is 1.20. The number of hydrogen-bond acceptors (Lipinski definition) is 6. The van der Waals surface area contributed by atoms with Crippen LogP contribution >= 0.6 is 0 Å². The van der Waals surface area contributed by atoms with Crippen LogP contribution in [0.15, 0.2) is 60.7 Å². The smallest absolute Gasteiger partial charge is 0.407 e. The number of carboxylic acids is 1. The summed E-state index contributed by atoms with van der Waals surface area (Å²) in [5.41, 5.74) is 4.47. The van der Waals surface area contributed by atoms with Crippen LogP contribution in [0.5, 0.6) is 0 Å². The summed E-state index contributed by atoms with van der Waals surface area (Å²) in [6.45, 7) is 0.189. The number of esters is 1. The largest absolute Gasteiger partial charge is 0.480 e. The van der Waals surface area contributed by atoms with Crippen molar-refractivity contribution in [2.45, 2.75) is 24.8 Å². The predicted molar refractivity (Wildman–Crippen MR) is 123 cm³/mol. The van der Waals surface area contributed by atoms with E-state index in [9.17, 15) is 19.2 Å². The number of benzene rings is 2. The van der Waals surface area contributed by atoms with Gasteiger partial charge in [0.2, 0.25) is 5.91 Å². The number of fused-ring (bicyclic) bond motifs is 3. The predicted octanol–water partition coefficient (Wildman–Crippen LogP) is 2.60. The summed E-state index contributed by atoms with van der Waals surface area (Å²) in [5, 5.41) is 14.0. The fraction of sp³-hybridized carbons (Fsp3) is 0.280. The molecule has 0 bridgehead atoms. The number of hydrogen-bond donors (Lipinski definition) is 3. The van der Waals surface area contributed by atoms with E-state index in [0.29, 0.717) is 0 Å². The van der Waals surface area contributed by atoms with Crippen molar-refractivity contribution in [3.63, 3.8) is 0 Å². The Morgan fingerprint density at radius 2 is 1.65 bits per heavy atom. The molecule has 178 valence electrons. The Balaban J connectivity index is 1.44. The average Bonchev–Trinajstić information content (AvgIpc) is 3.16. The van der Waals surface area contributed by atoms with Gasteiger partial charge in [0.05, 0.1) is 7.11 Å². The highest BCUT2D eigenvalue weighted by molar-refractivity contribution is 5.91. The van der Waals surface area contributed by atoms with Gasteiger partial charge in [0.15, 0.2) is 0 Å². The topological polar surface area (TPSA) is 131 Å². The normalized spacial score (nSPS) is 13.0. The van der Waals surface area contributed by atoms with E-state index in [1.807, 2.05) is 36.4 Å². The number of carbonyl (C=O) groups is 4. The number of alkyl carbamates (subject to hydrolysis) is 1. The van der Waals surface area contributed by atoms with Crippen LogP contribution in [0.1, 0.15) is 29.9 Å². The molecule has 3 rings (SSSR count). The van der Waals surface area contributed by atoms with E-state index in [0.717, 1.165) is 28.3 Å². The second-order valence-electron chi connectivity index (χ2n) is 7.62. The third-order valence-electron chi connectivity index (χ3n) is 5.46. The van der Waals surface area contributed by atoms with Gasteiger partial charge in [0.25, 0.3) is 0 Å². The summed E-state index contributed by atoms with van der Waals surface area (Å²) in [6, 6.07) is 14.8. The molecular weight excluding hydrogens is 440 g/mol. The second kappa shape index (κ2) is 11.6. The molecule has 9 heteroatoms. The van der Waals surface area contributed by atoms with E-state index in [1.165, 1.54) is 13.2 Å². The van der Waals surface area contributed by atoms with Crippen LogP contribution in [0.25, 0.3) is 11.1 Å². The van der Waals surface area contributed by atoms with Crippen LogP contribution in [0.4, 0.5) is 4.79 Å². The number of aliphatic carboxylic acids is 1. The molecule has 1 atom stereocenters. The number of methoxy groups -OCH3 is 1. The summed E-state index contributed by atoms with van der Waals surface area (Å²) in [6.07, 6.45) is 1.61. The maximum absolute atomic E-state index is 12.1. The summed E-state index contributed by atoms with van der Waals surface area (Å²) < 4.78 is 9.87. The first-order valence-electron chi connectivity index (χ1n) is 10.8. The van der Waals surface area contributed by atoms with Gasteiger partial charge in [0.1, 0.15) is 12.6 Å². The third kappa shape index (κ3) is 6.22. The Morgan fingerprint density at radius 3 is 2.24 bits per heavy atom. The highest BCUT2D eigenvalue weighted by Gasteiger charge is 2.29. The second-order valence-corrected chi connectivity index (χ2v) is 7.62. The van der Waals surface area contributed by atoms with Crippen molar-refractivity contribution in [3.8, 4) is 11.1 Å². The molecule has 0 fully saturated rings. The molecule has 34 heavy (non-hydrogen) atoms. The highest BCUT2D eigenvalue weighted by Crippen LogP contribution is 2.44. The lowest BCUT2D eigenvalue weighted by molar-refractivity contribution is -0.143. The monoisotopic (exact) mass is 466 g/mol. The molecule has 2 aromatic carbocycles. The summed E-state index contributed by atoms with van der Waals surface area (Å²) >= 11 is 0. The first-order valence-corrected chi connectivity index (χ1v) is 10.8. The van der Waals surface area contributed by atoms with Crippen molar-refractivity contribution in [2.75, 3.05) is 20.3 Å². The quantitative estimate of drug-likeness (QED) is 0.362. The van der Waals surface area contributed by atoms with Crippen molar-refractivity contribution in [3.05, 3.63) is 71.8 Å². The summed E-state index contributed by atoms with van der Waals surface area (Å²) in [5.74, 6) is -2.55. The van der Waals surface area contributed by atoms with Gasteiger partial charge in [-0.2, -0.15) is 0 Å². The zero-order valence-electron chi connectivity index (χ0n) is 18.7. The maximum Gasteiger partial charge on any atom is 0.407 e. The van der Waals surface area contributed by atoms with Gasteiger partial charge in [-0.1, -0.05) is 54.6 Å². The number of carboxylic acid groups (broad SMARTS) is 1. The van der Waals surface area contributed by atoms with Gasteiger partial charge in [0, 0.05) is 25.0 Å². The number of rotatable bonds is 10. The minimum absolute atomic E-state index is 0.0178. The Hall–Kier alpha value is -4.14. The van der Waals surface area contributed by atoms with E-state index in [2.05, 4.69) is 27.5 Å². The van der Waals surface area contributed by atoms with Gasteiger partial charge in [-0.15, -0.1) is 0 Å². The van der Waals surface area contributed by atoms with Crippen LogP contribution in [0, 0.1) is 0 Å². The first kappa shape index (κ1) is 24.5. The van der Waals surface area contributed by atoms with Crippen LogP contribution in [-0.4, -0.2) is 55.3 Å². The van der Waals surface area contributed by atoms with E-state index >= 15 is 0 Å². The molecule has 9 nitrogen and oxygen atoms in total. The van der Waals surface area contributed by atoms with Crippen molar-refractivity contribution in [1.29, 1.82) is 0 Å². The van der Waals surface area contributed by atoms with Gasteiger partial charge in [-0.25, -0.2) is 9.59 Å². The minimum Gasteiger partial charge on any atom is -0.480 e. The lowest BCUT2D eigenvalue weighted by Crippen LogP contribution is -2.40. The zero-order valence-corrected chi connectivity index (χ0v) is 18.7. The molecule has 3 N–H and O–H groups in total. The van der Waals surface area contributed by atoms with Gasteiger partial charge in [-0.05, 0) is 28.7 Å². The molecule has 1 aliphatic carbocycles. The Bertz CT molecular complexity index is 1050. The molecule has 2 amide bonds. The van der Waals surface area contributed by atoms with E-state index in [1.54, 1.807) is 0 Å². The molecular formula is C25H26N2O7. The van der Waals surface area contributed by atoms with Gasteiger partial charge < -0.3 is 25.2 Å². The fourth-order valence-electron chi connectivity index (χ4n) is 3.80. The van der Waals surface area contributed by atoms with Crippen LogP contribution < -0.4 is 10.6 Å². The molecule has 1 aliphatic rings. The Labute approximate surface area is 196 Å². The van der Waals surface area contributed by atoms with Gasteiger partial charge >= 0.3 is 18.0 Å². The fourth-order valence-corrected chi connectivity index (χ4v) is 3.80. The van der Waals surface area contributed by atoms with E-state index < -0.39 is 30.0 Å². The number of nitrogens with one attached hydrogen (secondary N) is 2. The van der Waals surface area contributed by atoms with Gasteiger partial charge in [-0.3, -0.25) is 9.59 Å². The van der Waals surface area contributed by atoms with Crippen molar-refractivity contribution in [1.82, 2.24) is 10.6 Å². The number of ether oxygens (including phenoxy) is 2. The van der Waals surface area contributed by atoms with E-state index in [-0.39, 0.29) is 31.9 Å². The van der Waals surface area contributed by atoms with Crippen molar-refractivity contribution in [2.24, 2.45) is 0 Å². The number of amides is 2. The number of carbonyl (C=O) groups excluding carboxylic acids is 3. The summed E-state index contributed by atoms with van der Waals surface area (Å²) in [4.78, 5) is 46.4. The Morgan fingerprint density at radius 1 is 1.03 bits per heavy atom. The third-order valence-corrected chi connectivity index (χ3v) is 5.46. The van der Waals surface area contributed by atoms with Crippen LogP contribution in [0.2, 0.25) is 0 Å². The average molecular weight is 466 g/mol. The molecule has 0 spiro atoms. The standard InChI is InChI=1S/C25H26N2O7/c1-33-23(29)13-12-21(24(30)31)27-22(28)11-6-14-26-25(32)34-15-20-18-9-4-2-7-16(18)17-8-3-5-10-19(17)20/h2-11,20-21H,12-15H2,1H3,(H,26,32)(H,27,28)(H,30,31)/b11-6+/t21-/m1/s1. The molecule has 0 unspecified atom stereocenters. The van der Waals surface area contributed by atoms with Crippen LogP contribution in [0.3, 0.4) is 0 Å². The lowest BCUT2D eigenvalue weighted by Gasteiger charge is -2.14. The molecule has 0 aromatic heterocycles. The molecule has 0 aliphatic heterocycles. The molecule has 0 saturated heterocycles. The zero-order chi connectivity index (χ0) is 24.5. The SMILES string of the molecule is COC(=O)CC[C@@H](NC(=O)/C=C/CNC(=O)OCC1c2ccccc2-c2ccccc21)C(=O)O. The molecule has 0 saturated carbocycles. The van der Waals surface area contributed by atoms with E-state index in [4.69, 9.17) is 9.84 Å². The Kier molecular flexibility index (Phi) is 8.39. The maximum atomic E-state index is 12.1. The molecule has 0 heterocycles.